The predicted octanol–water partition coefficient (Wildman–Crippen LogP) is 1.56. The average Bonchev–Trinajstić information content (AvgIpc) is 2.84. The summed E-state index contributed by atoms with van der Waals surface area (Å²) < 4.78 is 33.3. The summed E-state index contributed by atoms with van der Waals surface area (Å²) in [4.78, 5) is 1.01. The lowest BCUT2D eigenvalue weighted by Crippen LogP contribution is -2.61. The number of hydrogen-bond donors (Lipinski definition) is 2. The highest BCUT2D eigenvalue weighted by molar-refractivity contribution is 7.91. The molecule has 1 heterocycles. The molecule has 0 radical (unpaired) electrons. The zero-order valence-corrected chi connectivity index (χ0v) is 13.9. The third-order valence-corrected chi connectivity index (χ3v) is 7.06. The molecule has 2 N–H and O–H groups in total. The molecule has 1 aromatic rings. The SMILES string of the molecule is CNCc1ccc(S(=O)(=O)NC2CC(OC)C2(C)C)s1. The summed E-state index contributed by atoms with van der Waals surface area (Å²) in [5.41, 5.74) is -0.174. The number of methoxy groups -OCH3 is 1. The van der Waals surface area contributed by atoms with Crippen molar-refractivity contribution in [3.05, 3.63) is 17.0 Å². The molecule has 1 aromatic heterocycles. The quantitative estimate of drug-likeness (QED) is 0.835. The number of ether oxygens (including phenoxy) is 1. The molecule has 2 rings (SSSR count). The molecular formula is C13H22N2O3S2. The third kappa shape index (κ3) is 2.92. The maximum atomic E-state index is 12.4. The van der Waals surface area contributed by atoms with Crippen LogP contribution in [0.1, 0.15) is 25.1 Å². The summed E-state index contributed by atoms with van der Waals surface area (Å²) in [6.07, 6.45) is 0.829. The van der Waals surface area contributed by atoms with Crippen molar-refractivity contribution in [2.45, 2.75) is 43.2 Å². The minimum atomic E-state index is -3.44. The molecule has 20 heavy (non-hydrogen) atoms. The van der Waals surface area contributed by atoms with Gasteiger partial charge in [-0.05, 0) is 25.6 Å². The Labute approximate surface area is 124 Å². The van der Waals surface area contributed by atoms with E-state index in [2.05, 4.69) is 10.0 Å². The van der Waals surface area contributed by atoms with Crippen molar-refractivity contribution in [3.8, 4) is 0 Å². The lowest BCUT2D eigenvalue weighted by Gasteiger charge is -2.50. The fraction of sp³-hybridized carbons (Fsp3) is 0.692. The van der Waals surface area contributed by atoms with Crippen LogP contribution in [0.15, 0.2) is 16.3 Å². The van der Waals surface area contributed by atoms with Crippen molar-refractivity contribution in [2.75, 3.05) is 14.2 Å². The van der Waals surface area contributed by atoms with E-state index in [0.717, 1.165) is 11.3 Å². The second kappa shape index (κ2) is 5.73. The zero-order chi connectivity index (χ0) is 15.0. The maximum Gasteiger partial charge on any atom is 0.250 e. The molecule has 0 spiro atoms. The zero-order valence-electron chi connectivity index (χ0n) is 12.3. The van der Waals surface area contributed by atoms with Crippen LogP contribution in [0, 0.1) is 5.41 Å². The Bertz CT molecular complexity index is 566. The molecule has 0 aromatic carbocycles. The number of thiophene rings is 1. The Balaban J connectivity index is 2.08. The van der Waals surface area contributed by atoms with Gasteiger partial charge in [0, 0.05) is 30.0 Å². The topological polar surface area (TPSA) is 67.4 Å². The van der Waals surface area contributed by atoms with Crippen molar-refractivity contribution in [1.29, 1.82) is 0 Å². The van der Waals surface area contributed by atoms with E-state index in [4.69, 9.17) is 4.74 Å². The number of sulfonamides is 1. The van der Waals surface area contributed by atoms with Crippen molar-refractivity contribution >= 4 is 21.4 Å². The molecule has 1 aliphatic rings. The fourth-order valence-corrected chi connectivity index (χ4v) is 5.29. The van der Waals surface area contributed by atoms with Gasteiger partial charge in [0.05, 0.1) is 6.10 Å². The number of hydrogen-bond acceptors (Lipinski definition) is 5. The van der Waals surface area contributed by atoms with Gasteiger partial charge in [-0.25, -0.2) is 13.1 Å². The normalized spacial score (nSPS) is 25.4. The van der Waals surface area contributed by atoms with Gasteiger partial charge in [-0.3, -0.25) is 0 Å². The molecule has 114 valence electrons. The molecule has 0 saturated heterocycles. The first-order valence-corrected chi connectivity index (χ1v) is 8.89. The highest BCUT2D eigenvalue weighted by Crippen LogP contribution is 2.43. The van der Waals surface area contributed by atoms with Gasteiger partial charge >= 0.3 is 0 Å². The molecule has 0 bridgehead atoms. The van der Waals surface area contributed by atoms with E-state index in [1.165, 1.54) is 11.3 Å². The van der Waals surface area contributed by atoms with Gasteiger partial charge in [0.25, 0.3) is 0 Å². The Kier molecular flexibility index (Phi) is 4.56. The predicted molar refractivity (Wildman–Crippen MR) is 80.4 cm³/mol. The highest BCUT2D eigenvalue weighted by atomic mass is 32.2. The van der Waals surface area contributed by atoms with Crippen LogP contribution >= 0.6 is 11.3 Å². The molecule has 2 atom stereocenters. The van der Waals surface area contributed by atoms with Gasteiger partial charge in [0.2, 0.25) is 10.0 Å². The fourth-order valence-electron chi connectivity index (χ4n) is 2.50. The van der Waals surface area contributed by atoms with Gasteiger partial charge in [0.1, 0.15) is 4.21 Å². The lowest BCUT2D eigenvalue weighted by molar-refractivity contribution is -0.0908. The molecule has 0 aliphatic heterocycles. The van der Waals surface area contributed by atoms with Crippen molar-refractivity contribution in [2.24, 2.45) is 5.41 Å². The summed E-state index contributed by atoms with van der Waals surface area (Å²) in [5.74, 6) is 0. The molecular weight excluding hydrogens is 296 g/mol. The van der Waals surface area contributed by atoms with Crippen molar-refractivity contribution < 1.29 is 13.2 Å². The van der Waals surface area contributed by atoms with Crippen LogP contribution in [0.2, 0.25) is 0 Å². The van der Waals surface area contributed by atoms with E-state index < -0.39 is 10.0 Å². The van der Waals surface area contributed by atoms with Gasteiger partial charge in [-0.15, -0.1) is 11.3 Å². The molecule has 5 nitrogen and oxygen atoms in total. The summed E-state index contributed by atoms with van der Waals surface area (Å²) in [6, 6.07) is 3.44. The standard InChI is InChI=1S/C13H22N2O3S2/c1-13(2)10(7-11(13)18-4)15-20(16,17)12-6-5-9(19-12)8-14-3/h5-6,10-11,14-15H,7-8H2,1-4H3. The van der Waals surface area contributed by atoms with Gasteiger partial charge in [0.15, 0.2) is 0 Å². The van der Waals surface area contributed by atoms with Gasteiger partial charge in [-0.1, -0.05) is 13.8 Å². The maximum absolute atomic E-state index is 12.4. The number of nitrogens with one attached hydrogen (secondary N) is 2. The van der Waals surface area contributed by atoms with E-state index in [0.29, 0.717) is 10.8 Å². The highest BCUT2D eigenvalue weighted by Gasteiger charge is 2.50. The number of rotatable bonds is 6. The summed E-state index contributed by atoms with van der Waals surface area (Å²) in [5, 5.41) is 3.02. The molecule has 7 heteroatoms. The molecule has 1 aliphatic carbocycles. The Morgan fingerprint density at radius 2 is 2.15 bits per heavy atom. The first-order valence-electron chi connectivity index (χ1n) is 6.59. The first-order chi connectivity index (χ1) is 9.31. The largest absolute Gasteiger partial charge is 0.381 e. The summed E-state index contributed by atoms with van der Waals surface area (Å²) >= 11 is 1.30. The lowest BCUT2D eigenvalue weighted by atomic mass is 9.65. The molecule has 1 fully saturated rings. The van der Waals surface area contributed by atoms with Crippen LogP contribution in [-0.4, -0.2) is 34.7 Å². The first kappa shape index (κ1) is 15.9. The Hall–Kier alpha value is -0.470. The summed E-state index contributed by atoms with van der Waals surface area (Å²) in [7, 11) is 0.0729. The van der Waals surface area contributed by atoms with Gasteiger partial charge < -0.3 is 10.1 Å². The Morgan fingerprint density at radius 3 is 2.70 bits per heavy atom. The van der Waals surface area contributed by atoms with Crippen LogP contribution in [0.5, 0.6) is 0 Å². The smallest absolute Gasteiger partial charge is 0.250 e. The second-order valence-electron chi connectivity index (χ2n) is 5.71. The Morgan fingerprint density at radius 1 is 1.45 bits per heavy atom. The van der Waals surface area contributed by atoms with E-state index >= 15 is 0 Å². The average molecular weight is 318 g/mol. The van der Waals surface area contributed by atoms with Crippen molar-refractivity contribution in [3.63, 3.8) is 0 Å². The van der Waals surface area contributed by atoms with Crippen molar-refractivity contribution in [1.82, 2.24) is 10.0 Å². The summed E-state index contributed by atoms with van der Waals surface area (Å²) in [6.45, 7) is 4.73. The van der Waals surface area contributed by atoms with Crippen LogP contribution in [0.3, 0.4) is 0 Å². The van der Waals surface area contributed by atoms with Gasteiger partial charge in [-0.2, -0.15) is 0 Å². The van der Waals surface area contributed by atoms with E-state index in [1.54, 1.807) is 13.2 Å². The molecule has 2 unspecified atom stereocenters. The van der Waals surface area contributed by atoms with Crippen LogP contribution in [0.4, 0.5) is 0 Å². The molecule has 0 amide bonds. The van der Waals surface area contributed by atoms with E-state index in [1.807, 2.05) is 27.0 Å². The van der Waals surface area contributed by atoms with Crippen LogP contribution < -0.4 is 10.0 Å². The minimum absolute atomic E-state index is 0.0766. The third-order valence-electron chi connectivity index (χ3n) is 4.01. The molecule has 1 saturated carbocycles. The monoisotopic (exact) mass is 318 g/mol. The van der Waals surface area contributed by atoms with Crippen LogP contribution in [-0.2, 0) is 21.3 Å². The second-order valence-corrected chi connectivity index (χ2v) is 8.82. The minimum Gasteiger partial charge on any atom is -0.381 e. The van der Waals surface area contributed by atoms with E-state index in [9.17, 15) is 8.42 Å². The van der Waals surface area contributed by atoms with E-state index in [-0.39, 0.29) is 17.6 Å². The van der Waals surface area contributed by atoms with Crippen LogP contribution in [0.25, 0.3) is 0 Å².